The standard InChI is InChI=1S/C4H9O.Zn/c1-3-4(2)5;/h4H,3H2,1-2H3;/q-1;+1. The Morgan fingerprint density at radius 1 is 1.83 bits per heavy atom. The summed E-state index contributed by atoms with van der Waals surface area (Å²) < 4.78 is 5.02. The van der Waals surface area contributed by atoms with Crippen LogP contribution in [-0.2, 0) is 22.2 Å². The van der Waals surface area contributed by atoms with Crippen LogP contribution < -0.4 is 0 Å². The van der Waals surface area contributed by atoms with Crippen LogP contribution in [0.2, 0.25) is 0 Å². The van der Waals surface area contributed by atoms with Gasteiger partial charge in [0.25, 0.3) is 0 Å². The van der Waals surface area contributed by atoms with E-state index < -0.39 is 0 Å². The van der Waals surface area contributed by atoms with Gasteiger partial charge in [-0.15, -0.1) is 0 Å². The molecule has 33 valence electrons. The first kappa shape index (κ1) is 6.58. The van der Waals surface area contributed by atoms with Gasteiger partial charge in [0, 0.05) is 0 Å². The van der Waals surface area contributed by atoms with E-state index in [1.807, 2.05) is 0 Å². The van der Waals surface area contributed by atoms with Crippen molar-refractivity contribution in [2.75, 3.05) is 0 Å². The van der Waals surface area contributed by atoms with Gasteiger partial charge in [-0.25, -0.2) is 0 Å². The zero-order chi connectivity index (χ0) is 4.99. The van der Waals surface area contributed by atoms with E-state index in [9.17, 15) is 0 Å². The molecule has 0 aromatic heterocycles. The zero-order valence-corrected chi connectivity index (χ0v) is 7.37. The van der Waals surface area contributed by atoms with Gasteiger partial charge in [0.15, 0.2) is 0 Å². The maximum absolute atomic E-state index is 5.02. The monoisotopic (exact) mass is 137 g/mol. The number of rotatable bonds is 2. The van der Waals surface area contributed by atoms with Gasteiger partial charge in [-0.3, -0.25) is 0 Å². The average molecular weight is 139 g/mol. The molecule has 0 saturated carbocycles. The second-order valence-corrected chi connectivity index (χ2v) is 2.08. The molecule has 1 nitrogen and oxygen atoms in total. The minimum absolute atomic E-state index is 0.491. The van der Waals surface area contributed by atoms with E-state index >= 15 is 0 Å². The van der Waals surface area contributed by atoms with Crippen molar-refractivity contribution in [1.29, 1.82) is 0 Å². The first-order valence-corrected chi connectivity index (χ1v) is 3.43. The predicted molar refractivity (Wildman–Crippen MR) is 20.8 cm³/mol. The Morgan fingerprint density at radius 2 is 2.33 bits per heavy atom. The van der Waals surface area contributed by atoms with Crippen molar-refractivity contribution in [2.24, 2.45) is 0 Å². The number of hydrogen-bond donors (Lipinski definition) is 0. The first-order valence-electron chi connectivity index (χ1n) is 2.22. The summed E-state index contributed by atoms with van der Waals surface area (Å²) >= 11 is 0.967. The van der Waals surface area contributed by atoms with E-state index in [0.29, 0.717) is 6.10 Å². The fourth-order valence-electron chi connectivity index (χ4n) is 0.118. The van der Waals surface area contributed by atoms with Crippen molar-refractivity contribution in [3.63, 3.8) is 0 Å². The van der Waals surface area contributed by atoms with Gasteiger partial charge in [0.1, 0.15) is 0 Å². The predicted octanol–water partition coefficient (Wildman–Crippen LogP) is 1.26. The molecule has 1 unspecified atom stereocenters. The fourth-order valence-corrected chi connectivity index (χ4v) is 0.612. The van der Waals surface area contributed by atoms with Crippen molar-refractivity contribution in [2.45, 2.75) is 26.4 Å². The van der Waals surface area contributed by atoms with Crippen LogP contribution in [0.4, 0.5) is 0 Å². The summed E-state index contributed by atoms with van der Waals surface area (Å²) in [4.78, 5) is 0. The molecule has 0 aliphatic carbocycles. The molecule has 2 heteroatoms. The molecule has 0 aliphatic rings. The average Bonchev–Trinajstić information content (AvgIpc) is 1.65. The fraction of sp³-hybridized carbons (Fsp3) is 1.00. The van der Waals surface area contributed by atoms with Crippen molar-refractivity contribution in [1.82, 2.24) is 0 Å². The molecule has 0 aliphatic heterocycles. The van der Waals surface area contributed by atoms with Gasteiger partial charge < -0.3 is 0 Å². The van der Waals surface area contributed by atoms with Gasteiger partial charge in [0.05, 0.1) is 0 Å². The zero-order valence-electron chi connectivity index (χ0n) is 4.40. The van der Waals surface area contributed by atoms with E-state index in [1.54, 1.807) is 0 Å². The van der Waals surface area contributed by atoms with E-state index in [4.69, 9.17) is 3.56 Å². The molecule has 0 amide bonds. The minimum atomic E-state index is 0.491. The molecule has 1 atom stereocenters. The van der Waals surface area contributed by atoms with Crippen LogP contribution >= 0.6 is 0 Å². The number of hydrogen-bond acceptors (Lipinski definition) is 1. The van der Waals surface area contributed by atoms with Gasteiger partial charge >= 0.3 is 48.6 Å². The van der Waals surface area contributed by atoms with Crippen LogP contribution in [0.1, 0.15) is 20.3 Å². The first-order chi connectivity index (χ1) is 2.81. The van der Waals surface area contributed by atoms with E-state index in [2.05, 4.69) is 13.8 Å². The molecule has 0 heterocycles. The van der Waals surface area contributed by atoms with Gasteiger partial charge in [-0.2, -0.15) is 0 Å². The molecule has 0 spiro atoms. The summed E-state index contributed by atoms with van der Waals surface area (Å²) in [6, 6.07) is 0. The summed E-state index contributed by atoms with van der Waals surface area (Å²) in [6.45, 7) is 4.21. The van der Waals surface area contributed by atoms with Crippen LogP contribution in [0.25, 0.3) is 0 Å². The van der Waals surface area contributed by atoms with Crippen molar-refractivity contribution in [3.05, 3.63) is 0 Å². The molecule has 6 heavy (non-hydrogen) atoms. The van der Waals surface area contributed by atoms with Gasteiger partial charge in [-0.1, -0.05) is 0 Å². The van der Waals surface area contributed by atoms with Gasteiger partial charge in [-0.05, 0) is 0 Å². The second-order valence-electron chi connectivity index (χ2n) is 1.39. The third kappa shape index (κ3) is 2.80. The summed E-state index contributed by atoms with van der Waals surface area (Å²) in [6.07, 6.45) is 1.63. The second kappa shape index (κ2) is 3.76. The normalized spacial score (nSPS) is 14.7. The summed E-state index contributed by atoms with van der Waals surface area (Å²) in [7, 11) is 0. The van der Waals surface area contributed by atoms with Crippen molar-refractivity contribution in [3.8, 4) is 0 Å². The molecule has 0 rings (SSSR count). The Hall–Kier alpha value is 0.583. The Balaban J connectivity index is 2.75. The van der Waals surface area contributed by atoms with Gasteiger partial charge in [0.2, 0.25) is 0 Å². The van der Waals surface area contributed by atoms with Crippen LogP contribution in [0.5, 0.6) is 0 Å². The Kier molecular flexibility index (Phi) is 4.13. The third-order valence-electron chi connectivity index (χ3n) is 0.859. The molecular weight excluding hydrogens is 129 g/mol. The molecule has 0 aromatic rings. The molecule has 0 fully saturated rings. The Labute approximate surface area is 49.2 Å². The van der Waals surface area contributed by atoms with Crippen molar-refractivity contribution < 1.29 is 22.2 Å². The molecule has 0 radical (unpaired) electrons. The maximum atomic E-state index is 5.02. The Morgan fingerprint density at radius 3 is 2.33 bits per heavy atom. The topological polar surface area (TPSA) is 9.23 Å². The van der Waals surface area contributed by atoms with Crippen LogP contribution in [0, 0.1) is 0 Å². The van der Waals surface area contributed by atoms with E-state index in [-0.39, 0.29) is 0 Å². The van der Waals surface area contributed by atoms with E-state index in [0.717, 1.165) is 25.1 Å². The molecule has 0 N–H and O–H groups in total. The third-order valence-corrected chi connectivity index (χ3v) is 2.05. The summed E-state index contributed by atoms with van der Waals surface area (Å²) in [5.74, 6) is 0. The summed E-state index contributed by atoms with van der Waals surface area (Å²) in [5.41, 5.74) is 0. The Bertz CT molecular complexity index is 26.7. The molecular formula is C4H9OZn. The van der Waals surface area contributed by atoms with Crippen LogP contribution in [0.15, 0.2) is 0 Å². The molecule has 0 aromatic carbocycles. The van der Waals surface area contributed by atoms with Crippen molar-refractivity contribution >= 4 is 0 Å². The summed E-state index contributed by atoms with van der Waals surface area (Å²) in [5, 5.41) is 0. The quantitative estimate of drug-likeness (QED) is 0.522. The SMILES string of the molecule is CCC(C)[O][Zn]. The van der Waals surface area contributed by atoms with E-state index in [1.165, 1.54) is 0 Å². The van der Waals surface area contributed by atoms with Crippen LogP contribution in [0.3, 0.4) is 0 Å². The molecule has 0 bridgehead atoms. The molecule has 0 saturated heterocycles. The van der Waals surface area contributed by atoms with Crippen LogP contribution in [-0.4, -0.2) is 6.10 Å².